The maximum atomic E-state index is 11.5. The molecule has 2 unspecified atom stereocenters. The normalized spacial score (nSPS) is 40.8. The Labute approximate surface area is 103 Å². The lowest BCUT2D eigenvalue weighted by Crippen LogP contribution is -2.49. The van der Waals surface area contributed by atoms with Crippen LogP contribution in [0.2, 0.25) is 0 Å². The predicted octanol–water partition coefficient (Wildman–Crippen LogP) is 1.56. The van der Waals surface area contributed by atoms with Gasteiger partial charge in [-0.3, -0.25) is 0 Å². The number of fused-ring (bicyclic) bond motifs is 3. The molecule has 0 spiro atoms. The average molecular weight is 238 g/mol. The number of hydrogen-bond acceptors (Lipinski definition) is 3. The third-order valence-corrected chi connectivity index (χ3v) is 4.78. The number of hydrogen-bond donors (Lipinski definition) is 0. The first-order valence-corrected chi connectivity index (χ1v) is 6.93. The molecule has 0 aromatic heterocycles. The highest BCUT2D eigenvalue weighted by molar-refractivity contribution is 5.69. The van der Waals surface area contributed by atoms with Gasteiger partial charge >= 0.3 is 6.09 Å². The van der Waals surface area contributed by atoms with Crippen molar-refractivity contribution in [3.8, 4) is 0 Å². The summed E-state index contributed by atoms with van der Waals surface area (Å²) in [6, 6.07) is 0.332. The number of cyclic esters (lactones) is 1. The van der Waals surface area contributed by atoms with E-state index in [0.29, 0.717) is 12.6 Å². The third kappa shape index (κ3) is 2.03. The second kappa shape index (κ2) is 4.48. The van der Waals surface area contributed by atoms with Crippen molar-refractivity contribution < 1.29 is 9.53 Å². The van der Waals surface area contributed by atoms with E-state index in [1.165, 1.54) is 32.5 Å². The molecule has 4 saturated heterocycles. The van der Waals surface area contributed by atoms with Crippen LogP contribution in [0.1, 0.15) is 26.2 Å². The van der Waals surface area contributed by atoms with E-state index in [1.54, 1.807) is 0 Å². The van der Waals surface area contributed by atoms with Crippen molar-refractivity contribution in [2.75, 3.05) is 32.8 Å². The molecule has 4 fully saturated rings. The molecule has 4 heteroatoms. The first kappa shape index (κ1) is 11.3. The quantitative estimate of drug-likeness (QED) is 0.748. The van der Waals surface area contributed by atoms with Gasteiger partial charge < -0.3 is 14.5 Å². The van der Waals surface area contributed by atoms with Crippen LogP contribution in [0.25, 0.3) is 0 Å². The van der Waals surface area contributed by atoms with E-state index in [1.807, 2.05) is 11.8 Å². The van der Waals surface area contributed by atoms with Crippen LogP contribution in [-0.2, 0) is 4.74 Å². The summed E-state index contributed by atoms with van der Waals surface area (Å²) in [6.07, 6.45) is 3.75. The van der Waals surface area contributed by atoms with Crippen molar-refractivity contribution in [2.45, 2.75) is 32.2 Å². The highest BCUT2D eigenvalue weighted by Gasteiger charge is 2.39. The molecule has 2 bridgehead atoms. The number of carbonyl (C=O) groups is 1. The zero-order valence-corrected chi connectivity index (χ0v) is 10.6. The molecule has 17 heavy (non-hydrogen) atoms. The molecule has 0 N–H and O–H groups in total. The van der Waals surface area contributed by atoms with Crippen LogP contribution in [0, 0.1) is 11.8 Å². The number of nitrogens with zero attached hydrogens (tertiary/aromatic N) is 2. The maximum Gasteiger partial charge on any atom is 0.410 e. The van der Waals surface area contributed by atoms with Gasteiger partial charge in [0.05, 0.1) is 6.04 Å². The van der Waals surface area contributed by atoms with Gasteiger partial charge in [0.15, 0.2) is 0 Å². The van der Waals surface area contributed by atoms with Gasteiger partial charge in [0.25, 0.3) is 0 Å². The van der Waals surface area contributed by atoms with Crippen molar-refractivity contribution in [2.24, 2.45) is 11.8 Å². The molecule has 4 aliphatic heterocycles. The predicted molar refractivity (Wildman–Crippen MR) is 64.8 cm³/mol. The zero-order chi connectivity index (χ0) is 11.8. The molecule has 4 aliphatic rings. The monoisotopic (exact) mass is 238 g/mol. The molecule has 1 amide bonds. The summed E-state index contributed by atoms with van der Waals surface area (Å²) < 4.78 is 5.16. The lowest BCUT2D eigenvalue weighted by molar-refractivity contribution is 0.0361. The second-order valence-electron chi connectivity index (χ2n) is 5.65. The lowest BCUT2D eigenvalue weighted by Gasteiger charge is -2.45. The fraction of sp³-hybridized carbons (Fsp3) is 0.923. The Bertz CT molecular complexity index is 300. The number of ether oxygens (including phenoxy) is 1. The smallest absolute Gasteiger partial charge is 0.410 e. The lowest BCUT2D eigenvalue weighted by atomic mass is 9.76. The molecular weight excluding hydrogens is 216 g/mol. The summed E-state index contributed by atoms with van der Waals surface area (Å²) in [5.41, 5.74) is 0. The fourth-order valence-electron chi connectivity index (χ4n) is 3.78. The minimum absolute atomic E-state index is 0.112. The molecule has 4 heterocycles. The van der Waals surface area contributed by atoms with Gasteiger partial charge in [-0.1, -0.05) is 0 Å². The first-order valence-electron chi connectivity index (χ1n) is 6.93. The van der Waals surface area contributed by atoms with Gasteiger partial charge in [0, 0.05) is 13.1 Å². The summed E-state index contributed by atoms with van der Waals surface area (Å²) in [6.45, 7) is 7.25. The van der Waals surface area contributed by atoms with Gasteiger partial charge in [-0.2, -0.15) is 0 Å². The van der Waals surface area contributed by atoms with Gasteiger partial charge in [0.2, 0.25) is 0 Å². The Morgan fingerprint density at radius 1 is 1.35 bits per heavy atom. The highest BCUT2D eigenvalue weighted by atomic mass is 16.6. The largest absolute Gasteiger partial charge is 0.447 e. The number of piperidine rings is 3. The molecule has 4 rings (SSSR count). The number of carbonyl (C=O) groups excluding carboxylic acids is 1. The highest BCUT2D eigenvalue weighted by Crippen LogP contribution is 2.36. The molecule has 0 saturated carbocycles. The summed E-state index contributed by atoms with van der Waals surface area (Å²) in [4.78, 5) is 16.0. The van der Waals surface area contributed by atoms with Gasteiger partial charge in [0.1, 0.15) is 6.61 Å². The van der Waals surface area contributed by atoms with E-state index < -0.39 is 0 Å². The summed E-state index contributed by atoms with van der Waals surface area (Å²) in [5.74, 6) is 1.68. The van der Waals surface area contributed by atoms with Crippen LogP contribution in [0.15, 0.2) is 0 Å². The number of likely N-dealkylation sites (N-methyl/N-ethyl adjacent to an activating group) is 1. The number of amides is 1. The van der Waals surface area contributed by atoms with E-state index in [0.717, 1.165) is 24.8 Å². The van der Waals surface area contributed by atoms with Crippen molar-refractivity contribution >= 4 is 6.09 Å². The molecule has 2 atom stereocenters. The van der Waals surface area contributed by atoms with Crippen molar-refractivity contribution in [1.29, 1.82) is 0 Å². The molecular formula is C13H22N2O2. The maximum absolute atomic E-state index is 11.5. The molecule has 4 nitrogen and oxygen atoms in total. The van der Waals surface area contributed by atoms with Crippen molar-refractivity contribution in [1.82, 2.24) is 9.80 Å². The minimum atomic E-state index is -0.112. The number of rotatable bonds is 3. The first-order chi connectivity index (χ1) is 8.28. The van der Waals surface area contributed by atoms with Crippen LogP contribution in [0.3, 0.4) is 0 Å². The van der Waals surface area contributed by atoms with Gasteiger partial charge in [-0.05, 0) is 51.1 Å². The third-order valence-electron chi connectivity index (χ3n) is 4.78. The topological polar surface area (TPSA) is 32.8 Å². The van der Waals surface area contributed by atoms with Crippen LogP contribution in [0.4, 0.5) is 4.79 Å². The molecule has 0 radical (unpaired) electrons. The van der Waals surface area contributed by atoms with E-state index in [-0.39, 0.29) is 6.09 Å². The molecule has 96 valence electrons. The van der Waals surface area contributed by atoms with Crippen molar-refractivity contribution in [3.05, 3.63) is 0 Å². The van der Waals surface area contributed by atoms with Crippen molar-refractivity contribution in [3.63, 3.8) is 0 Å². The molecule has 0 aromatic carbocycles. The van der Waals surface area contributed by atoms with Crippen LogP contribution >= 0.6 is 0 Å². The Morgan fingerprint density at radius 2 is 2.12 bits per heavy atom. The minimum Gasteiger partial charge on any atom is -0.447 e. The SMILES string of the molecule is CCN1C(=O)OCC1CC1CN2CCC1CC2. The average Bonchev–Trinajstić information content (AvgIpc) is 2.71. The van der Waals surface area contributed by atoms with E-state index in [2.05, 4.69) is 4.90 Å². The van der Waals surface area contributed by atoms with E-state index >= 15 is 0 Å². The Morgan fingerprint density at radius 3 is 2.71 bits per heavy atom. The summed E-state index contributed by atoms with van der Waals surface area (Å²) in [7, 11) is 0. The molecule has 0 aromatic rings. The Hall–Kier alpha value is -0.770. The summed E-state index contributed by atoms with van der Waals surface area (Å²) >= 11 is 0. The molecule has 0 aliphatic carbocycles. The van der Waals surface area contributed by atoms with Gasteiger partial charge in [-0.15, -0.1) is 0 Å². The van der Waals surface area contributed by atoms with E-state index in [9.17, 15) is 4.79 Å². The zero-order valence-electron chi connectivity index (χ0n) is 10.6. The van der Waals surface area contributed by atoms with Crippen LogP contribution in [-0.4, -0.2) is 54.7 Å². The summed E-state index contributed by atoms with van der Waals surface area (Å²) in [5, 5.41) is 0. The standard InChI is InChI=1S/C13H22N2O2/c1-2-15-12(9-17-13(15)16)7-11-8-14-5-3-10(11)4-6-14/h10-12H,2-9H2,1H3. The Kier molecular flexibility index (Phi) is 2.99. The van der Waals surface area contributed by atoms with Gasteiger partial charge in [-0.25, -0.2) is 4.79 Å². The Balaban J connectivity index is 1.61. The van der Waals surface area contributed by atoms with Crippen LogP contribution in [0.5, 0.6) is 0 Å². The second-order valence-corrected chi connectivity index (χ2v) is 5.65. The van der Waals surface area contributed by atoms with Crippen LogP contribution < -0.4 is 0 Å². The van der Waals surface area contributed by atoms with E-state index in [4.69, 9.17) is 4.74 Å². The fourth-order valence-corrected chi connectivity index (χ4v) is 3.78.